The maximum Gasteiger partial charge on any atom is 0.472 e. The number of rotatable bonds is 76. The monoisotopic (exact) mass is 1400 g/mol. The molecule has 0 aromatic heterocycles. The number of phosphoric acid groups is 2. The van der Waals surface area contributed by atoms with Crippen molar-refractivity contribution in [2.75, 3.05) is 39.6 Å². The molecule has 0 bridgehead atoms. The summed E-state index contributed by atoms with van der Waals surface area (Å²) in [4.78, 5) is 72.5. The Morgan fingerprint density at radius 2 is 0.505 bits per heavy atom. The summed E-state index contributed by atoms with van der Waals surface area (Å²) in [6, 6.07) is 0. The number of aliphatic hydroxyl groups excluding tert-OH is 1. The van der Waals surface area contributed by atoms with Crippen molar-refractivity contribution in [1.82, 2.24) is 0 Å². The fourth-order valence-electron chi connectivity index (χ4n) is 11.7. The van der Waals surface area contributed by atoms with Gasteiger partial charge >= 0.3 is 39.5 Å². The second kappa shape index (κ2) is 69.2. The van der Waals surface area contributed by atoms with E-state index in [1.54, 1.807) is 0 Å². The Hall–Kier alpha value is -1.94. The van der Waals surface area contributed by atoms with Crippen molar-refractivity contribution in [2.24, 2.45) is 5.92 Å². The van der Waals surface area contributed by atoms with E-state index in [0.717, 1.165) is 102 Å². The maximum atomic E-state index is 13.1. The number of carbonyl (C=O) groups is 4. The maximum absolute atomic E-state index is 13.1. The highest BCUT2D eigenvalue weighted by molar-refractivity contribution is 7.47. The standard InChI is InChI=1S/C76H148O17P2/c1-6-10-13-16-18-20-22-24-25-26-27-28-29-35-39-43-47-52-57-62-76(81)93-72(66-87-74(79)60-55-50-45-41-37-34-31-30-33-36-40-44-49-53-58-69(5)9-4)68-91-95(84,85)89-64-70(77)63-88-94(82,83)90-67-71(65-86-73(78)59-54-48-15-12-8-3)92-75(80)61-56-51-46-42-38-32-23-21-19-17-14-11-7-2/h69-72,77H,6-68H2,1-5H3,(H,82,83)(H,84,85)/t69?,70-,71+,72+/m0/s1. The first-order chi connectivity index (χ1) is 46.1. The highest BCUT2D eigenvalue weighted by atomic mass is 31.2. The lowest BCUT2D eigenvalue weighted by atomic mass is 9.99. The number of esters is 4. The van der Waals surface area contributed by atoms with Crippen LogP contribution in [-0.2, 0) is 65.4 Å². The molecule has 19 heteroatoms. The highest BCUT2D eigenvalue weighted by Crippen LogP contribution is 2.45. The Balaban J connectivity index is 5.14. The van der Waals surface area contributed by atoms with E-state index >= 15 is 0 Å². The van der Waals surface area contributed by atoms with Gasteiger partial charge in [0.25, 0.3) is 0 Å². The summed E-state index contributed by atoms with van der Waals surface area (Å²) >= 11 is 0. The Morgan fingerprint density at radius 3 is 0.747 bits per heavy atom. The molecule has 6 atom stereocenters. The average Bonchev–Trinajstić information content (AvgIpc) is 1.75. The van der Waals surface area contributed by atoms with Crippen LogP contribution >= 0.6 is 15.6 Å². The van der Waals surface area contributed by atoms with E-state index in [-0.39, 0.29) is 25.7 Å². The Bertz CT molecular complexity index is 1820. The zero-order valence-electron chi connectivity index (χ0n) is 61.8. The topological polar surface area (TPSA) is 237 Å². The molecule has 0 aliphatic heterocycles. The van der Waals surface area contributed by atoms with Gasteiger partial charge in [-0.3, -0.25) is 37.3 Å². The van der Waals surface area contributed by atoms with Crippen molar-refractivity contribution in [1.29, 1.82) is 0 Å². The van der Waals surface area contributed by atoms with Gasteiger partial charge in [0.1, 0.15) is 19.3 Å². The second-order valence-electron chi connectivity index (χ2n) is 27.6. The molecule has 0 fully saturated rings. The minimum atomic E-state index is -4.96. The van der Waals surface area contributed by atoms with Crippen molar-refractivity contribution in [2.45, 2.75) is 419 Å². The minimum Gasteiger partial charge on any atom is -0.462 e. The van der Waals surface area contributed by atoms with Gasteiger partial charge in [-0.05, 0) is 31.6 Å². The zero-order valence-corrected chi connectivity index (χ0v) is 63.6. The summed E-state index contributed by atoms with van der Waals surface area (Å²) in [6.45, 7) is 7.26. The average molecular weight is 1400 g/mol. The van der Waals surface area contributed by atoms with E-state index in [9.17, 15) is 43.2 Å². The summed E-state index contributed by atoms with van der Waals surface area (Å²) < 4.78 is 68.3. The number of carbonyl (C=O) groups excluding carboxylic acids is 4. The molecule has 0 saturated carbocycles. The zero-order chi connectivity index (χ0) is 69.8. The van der Waals surface area contributed by atoms with Crippen LogP contribution in [0.25, 0.3) is 0 Å². The van der Waals surface area contributed by atoms with Crippen LogP contribution < -0.4 is 0 Å². The fraction of sp³-hybridized carbons (Fsp3) is 0.947. The molecule has 0 amide bonds. The smallest absolute Gasteiger partial charge is 0.462 e. The SMILES string of the molecule is CCCCCCCCCCCCCCCCCCCCCC(=O)O[C@H](COC(=O)CCCCCCCCCCCCCCCCC(C)CC)COP(=O)(O)OC[C@@H](O)COP(=O)(O)OC[C@@H](COC(=O)CCCCCCC)OC(=O)CCCCCCCCCCCCCCC. The number of unbranched alkanes of at least 4 members (excludes halogenated alkanes) is 47. The van der Waals surface area contributed by atoms with E-state index in [4.69, 9.17) is 37.0 Å². The van der Waals surface area contributed by atoms with Gasteiger partial charge in [0.2, 0.25) is 0 Å². The molecule has 564 valence electrons. The van der Waals surface area contributed by atoms with Crippen LogP contribution in [0.5, 0.6) is 0 Å². The van der Waals surface area contributed by atoms with Crippen molar-refractivity contribution >= 4 is 39.5 Å². The number of hydrogen-bond acceptors (Lipinski definition) is 15. The fourth-order valence-corrected chi connectivity index (χ4v) is 13.3. The van der Waals surface area contributed by atoms with Gasteiger partial charge in [-0.15, -0.1) is 0 Å². The van der Waals surface area contributed by atoms with Gasteiger partial charge in [-0.25, -0.2) is 9.13 Å². The van der Waals surface area contributed by atoms with Crippen LogP contribution in [0, 0.1) is 5.92 Å². The molecule has 0 radical (unpaired) electrons. The van der Waals surface area contributed by atoms with Gasteiger partial charge in [-0.2, -0.15) is 0 Å². The Kier molecular flexibility index (Phi) is 67.7. The molecule has 17 nitrogen and oxygen atoms in total. The summed E-state index contributed by atoms with van der Waals surface area (Å²) in [5.41, 5.74) is 0. The summed E-state index contributed by atoms with van der Waals surface area (Å²) in [7, 11) is -9.90. The third kappa shape index (κ3) is 69.0. The predicted molar refractivity (Wildman–Crippen MR) is 386 cm³/mol. The van der Waals surface area contributed by atoms with E-state index in [0.29, 0.717) is 25.7 Å². The van der Waals surface area contributed by atoms with Crippen molar-refractivity contribution < 1.29 is 80.2 Å². The van der Waals surface area contributed by atoms with Crippen LogP contribution in [0.3, 0.4) is 0 Å². The highest BCUT2D eigenvalue weighted by Gasteiger charge is 2.30. The largest absolute Gasteiger partial charge is 0.472 e. The van der Waals surface area contributed by atoms with Crippen LogP contribution in [-0.4, -0.2) is 96.7 Å². The van der Waals surface area contributed by atoms with Gasteiger partial charge in [0, 0.05) is 25.7 Å². The number of hydrogen-bond donors (Lipinski definition) is 3. The van der Waals surface area contributed by atoms with Crippen LogP contribution in [0.15, 0.2) is 0 Å². The van der Waals surface area contributed by atoms with Gasteiger partial charge in [0.15, 0.2) is 12.2 Å². The second-order valence-corrected chi connectivity index (χ2v) is 30.5. The normalized spacial score (nSPS) is 14.2. The Morgan fingerprint density at radius 1 is 0.295 bits per heavy atom. The van der Waals surface area contributed by atoms with Crippen molar-refractivity contribution in [3.8, 4) is 0 Å². The molecule has 0 aliphatic carbocycles. The lowest BCUT2D eigenvalue weighted by Crippen LogP contribution is -2.30. The Labute approximate surface area is 581 Å². The van der Waals surface area contributed by atoms with Crippen molar-refractivity contribution in [3.63, 3.8) is 0 Å². The first-order valence-electron chi connectivity index (χ1n) is 39.7. The number of phosphoric ester groups is 2. The molecule has 3 N–H and O–H groups in total. The quantitative estimate of drug-likeness (QED) is 0.0222. The third-order valence-electron chi connectivity index (χ3n) is 18.1. The lowest BCUT2D eigenvalue weighted by Gasteiger charge is -2.21. The molecule has 3 unspecified atom stereocenters. The van der Waals surface area contributed by atoms with E-state index in [2.05, 4.69) is 34.6 Å². The van der Waals surface area contributed by atoms with Gasteiger partial charge in [-0.1, -0.05) is 349 Å². The summed E-state index contributed by atoms with van der Waals surface area (Å²) in [6.07, 6.45) is 58.6. The molecule has 0 spiro atoms. The molecule has 0 heterocycles. The summed E-state index contributed by atoms with van der Waals surface area (Å²) in [5.74, 6) is -1.27. The van der Waals surface area contributed by atoms with Gasteiger partial charge < -0.3 is 33.8 Å². The van der Waals surface area contributed by atoms with E-state index < -0.39 is 97.5 Å². The molecule has 0 saturated heterocycles. The molecule has 0 aliphatic rings. The van der Waals surface area contributed by atoms with Crippen LogP contribution in [0.4, 0.5) is 0 Å². The van der Waals surface area contributed by atoms with Gasteiger partial charge in [0.05, 0.1) is 26.4 Å². The van der Waals surface area contributed by atoms with E-state index in [1.807, 2.05) is 0 Å². The molecular weight excluding hydrogens is 1250 g/mol. The summed E-state index contributed by atoms with van der Waals surface area (Å²) in [5, 5.41) is 10.6. The predicted octanol–water partition coefficient (Wildman–Crippen LogP) is 22.5. The van der Waals surface area contributed by atoms with E-state index in [1.165, 1.54) is 218 Å². The molecule has 0 rings (SSSR count). The third-order valence-corrected chi connectivity index (χ3v) is 20.0. The minimum absolute atomic E-state index is 0.107. The number of aliphatic hydroxyl groups is 1. The lowest BCUT2D eigenvalue weighted by molar-refractivity contribution is -0.161. The molecule has 95 heavy (non-hydrogen) atoms. The number of ether oxygens (including phenoxy) is 4. The molecular formula is C76H148O17P2. The van der Waals surface area contributed by atoms with Crippen LogP contribution in [0.2, 0.25) is 0 Å². The van der Waals surface area contributed by atoms with Crippen LogP contribution in [0.1, 0.15) is 401 Å². The first kappa shape index (κ1) is 93.1. The van der Waals surface area contributed by atoms with Crippen molar-refractivity contribution in [3.05, 3.63) is 0 Å². The molecule has 0 aromatic carbocycles. The first-order valence-corrected chi connectivity index (χ1v) is 42.7. The molecule has 0 aromatic rings.